The molecule has 0 aliphatic rings. The minimum absolute atomic E-state index is 0.322. The van der Waals surface area contributed by atoms with Crippen LogP contribution in [0.1, 0.15) is 34.1 Å². The largest absolute Gasteiger partial charge is 0.494 e. The third-order valence-electron chi connectivity index (χ3n) is 4.55. The van der Waals surface area contributed by atoms with Crippen LogP contribution in [-0.4, -0.2) is 25.6 Å². The molecule has 160 valence electrons. The second-order valence-corrected chi connectivity index (χ2v) is 8.06. The fourth-order valence-corrected chi connectivity index (χ4v) is 4.17. The van der Waals surface area contributed by atoms with E-state index >= 15 is 0 Å². The first-order valence-electron chi connectivity index (χ1n) is 10.0. The maximum Gasteiger partial charge on any atom is 0.341 e. The molecule has 0 fully saturated rings. The summed E-state index contributed by atoms with van der Waals surface area (Å²) in [6.07, 6.45) is 4.11. The molecule has 6 heteroatoms. The van der Waals surface area contributed by atoms with E-state index in [0.29, 0.717) is 17.2 Å². The van der Waals surface area contributed by atoms with Crippen molar-refractivity contribution in [1.82, 2.24) is 0 Å². The molecule has 0 aliphatic carbocycles. The van der Waals surface area contributed by atoms with Gasteiger partial charge >= 0.3 is 5.97 Å². The van der Waals surface area contributed by atoms with Crippen LogP contribution >= 0.6 is 11.3 Å². The second-order valence-electron chi connectivity index (χ2n) is 6.84. The molecule has 5 nitrogen and oxygen atoms in total. The van der Waals surface area contributed by atoms with Crippen LogP contribution in [0.2, 0.25) is 0 Å². The molecule has 1 aromatic heterocycles. The molecule has 1 N–H and O–H groups in total. The Balaban J connectivity index is 1.79. The van der Waals surface area contributed by atoms with Crippen molar-refractivity contribution in [2.45, 2.75) is 20.3 Å². The molecule has 0 saturated heterocycles. The highest BCUT2D eigenvalue weighted by molar-refractivity contribution is 7.17. The molecule has 0 bridgehead atoms. The Kier molecular flexibility index (Phi) is 7.62. The Bertz CT molecular complexity index is 1070. The monoisotopic (exact) mass is 435 g/mol. The van der Waals surface area contributed by atoms with Gasteiger partial charge in [0.1, 0.15) is 16.3 Å². The van der Waals surface area contributed by atoms with Crippen molar-refractivity contribution in [2.24, 2.45) is 0 Å². The van der Waals surface area contributed by atoms with Crippen LogP contribution < -0.4 is 10.1 Å². The average Bonchev–Trinajstić information content (AvgIpc) is 3.12. The zero-order valence-corrected chi connectivity index (χ0v) is 18.6. The first-order valence-corrected chi connectivity index (χ1v) is 10.8. The lowest BCUT2D eigenvalue weighted by molar-refractivity contribution is -0.111. The standard InChI is InChI=1S/C25H25NO4S/c1-4-16-30-20-13-10-18(11-14-20)12-15-21(27)26-24-23(25(28)29-3)22(17(2)31-24)19-8-6-5-7-9-19/h5-15H,4,16H2,1-3H3,(H,26,27)/b15-12+. The summed E-state index contributed by atoms with van der Waals surface area (Å²) in [5, 5.41) is 3.31. The minimum Gasteiger partial charge on any atom is -0.494 e. The van der Waals surface area contributed by atoms with Crippen LogP contribution in [0, 0.1) is 6.92 Å². The van der Waals surface area contributed by atoms with E-state index in [1.165, 1.54) is 24.5 Å². The molecule has 2 aromatic carbocycles. The van der Waals surface area contributed by atoms with Crippen LogP contribution in [0.3, 0.4) is 0 Å². The molecule has 1 heterocycles. The number of carbonyl (C=O) groups is 2. The number of hydrogen-bond acceptors (Lipinski definition) is 5. The summed E-state index contributed by atoms with van der Waals surface area (Å²) in [4.78, 5) is 26.0. The van der Waals surface area contributed by atoms with Gasteiger partial charge < -0.3 is 14.8 Å². The zero-order valence-electron chi connectivity index (χ0n) is 17.8. The number of benzene rings is 2. The SMILES string of the molecule is CCCOc1ccc(/C=C/C(=O)Nc2sc(C)c(-c3ccccc3)c2C(=O)OC)cc1. The minimum atomic E-state index is -0.481. The van der Waals surface area contributed by atoms with Crippen LogP contribution in [0.5, 0.6) is 5.75 Å². The third kappa shape index (κ3) is 5.61. The van der Waals surface area contributed by atoms with E-state index < -0.39 is 5.97 Å². The van der Waals surface area contributed by atoms with Gasteiger partial charge in [-0.25, -0.2) is 4.79 Å². The van der Waals surface area contributed by atoms with Gasteiger partial charge in [-0.2, -0.15) is 0 Å². The van der Waals surface area contributed by atoms with Crippen molar-refractivity contribution in [1.29, 1.82) is 0 Å². The molecular weight excluding hydrogens is 410 g/mol. The Morgan fingerprint density at radius 2 is 1.77 bits per heavy atom. The Labute approximate surface area is 186 Å². The molecule has 0 atom stereocenters. The molecule has 0 radical (unpaired) electrons. The van der Waals surface area contributed by atoms with Gasteiger partial charge in [-0.3, -0.25) is 4.79 Å². The lowest BCUT2D eigenvalue weighted by atomic mass is 10.0. The second kappa shape index (κ2) is 10.6. The number of amides is 1. The summed E-state index contributed by atoms with van der Waals surface area (Å²) in [5.74, 6) is -0.00357. The Morgan fingerprint density at radius 1 is 1.06 bits per heavy atom. The van der Waals surface area contributed by atoms with Gasteiger partial charge in [0.2, 0.25) is 5.91 Å². The molecule has 31 heavy (non-hydrogen) atoms. The quantitative estimate of drug-likeness (QED) is 0.351. The molecule has 1 amide bonds. The molecule has 0 unspecified atom stereocenters. The van der Waals surface area contributed by atoms with Crippen LogP contribution in [0.15, 0.2) is 60.7 Å². The van der Waals surface area contributed by atoms with Crippen LogP contribution in [0.4, 0.5) is 5.00 Å². The Hall–Kier alpha value is -3.38. The van der Waals surface area contributed by atoms with Gasteiger partial charge in [-0.05, 0) is 42.7 Å². The van der Waals surface area contributed by atoms with Gasteiger partial charge in [0.15, 0.2) is 0 Å². The van der Waals surface area contributed by atoms with Crippen molar-refractivity contribution in [3.63, 3.8) is 0 Å². The lowest BCUT2D eigenvalue weighted by Crippen LogP contribution is -2.11. The van der Waals surface area contributed by atoms with Crippen molar-refractivity contribution in [3.8, 4) is 16.9 Å². The van der Waals surface area contributed by atoms with E-state index in [9.17, 15) is 9.59 Å². The fourth-order valence-electron chi connectivity index (χ4n) is 3.10. The van der Waals surface area contributed by atoms with Crippen molar-refractivity contribution in [2.75, 3.05) is 19.0 Å². The van der Waals surface area contributed by atoms with Crippen molar-refractivity contribution >= 4 is 34.3 Å². The lowest BCUT2D eigenvalue weighted by Gasteiger charge is -2.07. The highest BCUT2D eigenvalue weighted by atomic mass is 32.1. The smallest absolute Gasteiger partial charge is 0.341 e. The molecule has 3 aromatic rings. The predicted octanol–water partition coefficient (Wildman–Crippen LogP) is 5.95. The fraction of sp³-hybridized carbons (Fsp3) is 0.200. The maximum atomic E-state index is 12.5. The maximum absolute atomic E-state index is 12.5. The van der Waals surface area contributed by atoms with Gasteiger partial charge in [0.25, 0.3) is 0 Å². The normalized spacial score (nSPS) is 10.8. The molecule has 0 spiro atoms. The third-order valence-corrected chi connectivity index (χ3v) is 5.57. The highest BCUT2D eigenvalue weighted by Crippen LogP contribution is 2.40. The van der Waals surface area contributed by atoms with Crippen LogP contribution in [-0.2, 0) is 9.53 Å². The van der Waals surface area contributed by atoms with E-state index in [2.05, 4.69) is 12.2 Å². The number of nitrogens with one attached hydrogen (secondary N) is 1. The van der Waals surface area contributed by atoms with E-state index in [1.54, 1.807) is 6.08 Å². The van der Waals surface area contributed by atoms with Gasteiger partial charge in [-0.15, -0.1) is 11.3 Å². The number of methoxy groups -OCH3 is 1. The summed E-state index contributed by atoms with van der Waals surface area (Å²) in [5.41, 5.74) is 2.92. The average molecular weight is 436 g/mol. The number of aryl methyl sites for hydroxylation is 1. The summed E-state index contributed by atoms with van der Waals surface area (Å²) in [6, 6.07) is 17.1. The highest BCUT2D eigenvalue weighted by Gasteiger charge is 2.24. The number of thiophene rings is 1. The summed E-state index contributed by atoms with van der Waals surface area (Å²) in [6.45, 7) is 4.65. The van der Waals surface area contributed by atoms with E-state index in [0.717, 1.165) is 33.7 Å². The predicted molar refractivity (Wildman–Crippen MR) is 126 cm³/mol. The summed E-state index contributed by atoms with van der Waals surface area (Å²) in [7, 11) is 1.34. The van der Waals surface area contributed by atoms with Gasteiger partial charge in [-0.1, -0.05) is 49.4 Å². The number of carbonyl (C=O) groups excluding carboxylic acids is 2. The first-order chi connectivity index (χ1) is 15.0. The molecular formula is C25H25NO4S. The van der Waals surface area contributed by atoms with Gasteiger partial charge in [0.05, 0.1) is 13.7 Å². The first kappa shape index (κ1) is 22.3. The molecule has 3 rings (SSSR count). The number of rotatable bonds is 8. The van der Waals surface area contributed by atoms with Crippen molar-refractivity contribution in [3.05, 3.63) is 76.7 Å². The van der Waals surface area contributed by atoms with Crippen LogP contribution in [0.25, 0.3) is 17.2 Å². The summed E-state index contributed by atoms with van der Waals surface area (Å²) >= 11 is 1.36. The summed E-state index contributed by atoms with van der Waals surface area (Å²) < 4.78 is 10.6. The van der Waals surface area contributed by atoms with Gasteiger partial charge in [0, 0.05) is 16.5 Å². The Morgan fingerprint density at radius 3 is 2.42 bits per heavy atom. The number of anilines is 1. The zero-order chi connectivity index (χ0) is 22.2. The number of esters is 1. The molecule has 0 saturated carbocycles. The topological polar surface area (TPSA) is 64.6 Å². The van der Waals surface area contributed by atoms with Crippen molar-refractivity contribution < 1.29 is 19.1 Å². The number of hydrogen-bond donors (Lipinski definition) is 1. The van der Waals surface area contributed by atoms with E-state index in [-0.39, 0.29) is 5.91 Å². The van der Waals surface area contributed by atoms with E-state index in [1.807, 2.05) is 61.5 Å². The number of ether oxygens (including phenoxy) is 2. The van der Waals surface area contributed by atoms with E-state index in [4.69, 9.17) is 9.47 Å². The molecule has 0 aliphatic heterocycles.